The molecule has 1 aromatic rings. The van der Waals surface area contributed by atoms with Crippen LogP contribution >= 0.6 is 23.2 Å². The van der Waals surface area contributed by atoms with Gasteiger partial charge in [0.2, 0.25) is 5.91 Å². The molecule has 1 amide bonds. The van der Waals surface area contributed by atoms with E-state index in [1.165, 1.54) is 25.3 Å². The average Bonchev–Trinajstić information content (AvgIpc) is 2.42. The Morgan fingerprint density at radius 1 is 1.29 bits per heavy atom. The number of halogens is 2. The lowest BCUT2D eigenvalue weighted by Crippen LogP contribution is -2.34. The van der Waals surface area contributed by atoms with Gasteiger partial charge in [-0.05, 0) is 12.1 Å². The summed E-state index contributed by atoms with van der Waals surface area (Å²) in [5.74, 6) is -2.42. The largest absolute Gasteiger partial charge is 0.481 e. The monoisotopic (exact) mass is 333 g/mol. The van der Waals surface area contributed by atoms with E-state index in [1.807, 2.05) is 0 Å². The number of carboxylic acid groups (broad SMARTS) is 1. The van der Waals surface area contributed by atoms with E-state index in [0.29, 0.717) is 10.6 Å². The highest BCUT2D eigenvalue weighted by Gasteiger charge is 2.25. The van der Waals surface area contributed by atoms with Crippen molar-refractivity contribution in [3.05, 3.63) is 33.8 Å². The minimum atomic E-state index is -1.12. The number of esters is 1. The molecule has 0 heterocycles. The van der Waals surface area contributed by atoms with Crippen molar-refractivity contribution in [3.63, 3.8) is 0 Å². The summed E-state index contributed by atoms with van der Waals surface area (Å²) in [5, 5.41) is 11.5. The molecule has 0 aliphatic heterocycles. The van der Waals surface area contributed by atoms with Crippen LogP contribution in [0.25, 0.3) is 0 Å². The van der Waals surface area contributed by atoms with Crippen LogP contribution in [0.3, 0.4) is 0 Å². The topological polar surface area (TPSA) is 92.7 Å². The van der Waals surface area contributed by atoms with Crippen LogP contribution in [-0.4, -0.2) is 30.1 Å². The molecule has 0 radical (unpaired) electrons. The van der Waals surface area contributed by atoms with Gasteiger partial charge < -0.3 is 15.2 Å². The average molecular weight is 334 g/mol. The van der Waals surface area contributed by atoms with Gasteiger partial charge in [0.1, 0.15) is 0 Å². The van der Waals surface area contributed by atoms with Crippen molar-refractivity contribution in [2.24, 2.45) is 0 Å². The number of hydrogen-bond acceptors (Lipinski definition) is 4. The molecule has 21 heavy (non-hydrogen) atoms. The Kier molecular flexibility index (Phi) is 6.45. The highest BCUT2D eigenvalue weighted by molar-refractivity contribution is 6.35. The van der Waals surface area contributed by atoms with Crippen LogP contribution in [0.5, 0.6) is 0 Å². The minimum Gasteiger partial charge on any atom is -0.481 e. The summed E-state index contributed by atoms with van der Waals surface area (Å²) in [7, 11) is 1.17. The molecule has 0 aliphatic carbocycles. The Morgan fingerprint density at radius 2 is 1.95 bits per heavy atom. The molecule has 0 saturated carbocycles. The normalized spacial score (nSPS) is 11.6. The second kappa shape index (κ2) is 7.85. The number of hydrogen-bond donors (Lipinski definition) is 2. The molecule has 6 nitrogen and oxygen atoms in total. The molecule has 114 valence electrons. The van der Waals surface area contributed by atoms with Crippen LogP contribution in [0.15, 0.2) is 18.2 Å². The van der Waals surface area contributed by atoms with Crippen molar-refractivity contribution in [2.45, 2.75) is 18.9 Å². The zero-order valence-electron chi connectivity index (χ0n) is 11.1. The van der Waals surface area contributed by atoms with E-state index >= 15 is 0 Å². The third kappa shape index (κ3) is 5.24. The van der Waals surface area contributed by atoms with Crippen LogP contribution in [0.1, 0.15) is 24.4 Å². The molecule has 1 unspecified atom stereocenters. The second-order valence-electron chi connectivity index (χ2n) is 4.08. The van der Waals surface area contributed by atoms with E-state index in [0.717, 1.165) is 0 Å². The number of carbonyl (C=O) groups excluding carboxylic acids is 2. The fourth-order valence-corrected chi connectivity index (χ4v) is 2.09. The first-order valence-corrected chi connectivity index (χ1v) is 6.64. The Hall–Kier alpha value is -1.79. The molecular weight excluding hydrogens is 321 g/mol. The molecular formula is C13H13Cl2NO5. The van der Waals surface area contributed by atoms with Gasteiger partial charge in [0.25, 0.3) is 0 Å². The SMILES string of the molecule is COC(=O)C(NC(=O)CCC(=O)O)c1ccc(Cl)cc1Cl. The van der Waals surface area contributed by atoms with Crippen molar-refractivity contribution < 1.29 is 24.2 Å². The standard InChI is InChI=1S/C13H13Cl2NO5/c1-21-13(20)12(16-10(17)4-5-11(18)19)8-3-2-7(14)6-9(8)15/h2-3,6,12H,4-5H2,1H3,(H,16,17)(H,18,19). The van der Waals surface area contributed by atoms with Crippen LogP contribution in [-0.2, 0) is 19.1 Å². The number of amides is 1. The summed E-state index contributed by atoms with van der Waals surface area (Å²) in [6.45, 7) is 0. The molecule has 8 heteroatoms. The Labute approximate surface area is 131 Å². The van der Waals surface area contributed by atoms with Crippen molar-refractivity contribution in [3.8, 4) is 0 Å². The zero-order valence-corrected chi connectivity index (χ0v) is 12.6. The summed E-state index contributed by atoms with van der Waals surface area (Å²) in [6, 6.07) is 3.31. The number of carboxylic acids is 1. The first-order chi connectivity index (χ1) is 9.85. The van der Waals surface area contributed by atoms with Gasteiger partial charge in [-0.1, -0.05) is 29.3 Å². The Morgan fingerprint density at radius 3 is 2.48 bits per heavy atom. The third-order valence-electron chi connectivity index (χ3n) is 2.58. The van der Waals surface area contributed by atoms with Gasteiger partial charge in [0.05, 0.1) is 13.5 Å². The maximum absolute atomic E-state index is 11.8. The van der Waals surface area contributed by atoms with Crippen molar-refractivity contribution in [1.82, 2.24) is 5.32 Å². The van der Waals surface area contributed by atoms with E-state index in [9.17, 15) is 14.4 Å². The van der Waals surface area contributed by atoms with Crippen LogP contribution < -0.4 is 5.32 Å². The predicted molar refractivity (Wildman–Crippen MR) is 76.2 cm³/mol. The molecule has 0 saturated heterocycles. The van der Waals surface area contributed by atoms with Gasteiger partial charge in [-0.2, -0.15) is 0 Å². The molecule has 0 aromatic heterocycles. The molecule has 1 atom stereocenters. The summed E-state index contributed by atoms with van der Waals surface area (Å²) >= 11 is 11.8. The highest BCUT2D eigenvalue weighted by Crippen LogP contribution is 2.27. The molecule has 2 N–H and O–H groups in total. The number of methoxy groups -OCH3 is 1. The van der Waals surface area contributed by atoms with Gasteiger partial charge in [0.15, 0.2) is 6.04 Å². The number of rotatable bonds is 6. The molecule has 0 bridgehead atoms. The molecule has 0 fully saturated rings. The lowest BCUT2D eigenvalue weighted by atomic mass is 10.1. The number of ether oxygens (including phenoxy) is 1. The van der Waals surface area contributed by atoms with Gasteiger partial charge in [-0.15, -0.1) is 0 Å². The Balaban J connectivity index is 2.93. The first-order valence-electron chi connectivity index (χ1n) is 5.89. The lowest BCUT2D eigenvalue weighted by molar-refractivity contribution is -0.145. The number of aliphatic carboxylic acids is 1. The summed E-state index contributed by atoms with van der Waals surface area (Å²) in [5.41, 5.74) is 0.316. The smallest absolute Gasteiger partial charge is 0.333 e. The van der Waals surface area contributed by atoms with E-state index < -0.39 is 23.9 Å². The predicted octanol–water partition coefficient (Wildman–Crippen LogP) is 2.19. The number of benzene rings is 1. The minimum absolute atomic E-state index is 0.191. The molecule has 1 rings (SSSR count). The van der Waals surface area contributed by atoms with Gasteiger partial charge in [-0.25, -0.2) is 4.79 Å². The van der Waals surface area contributed by atoms with Crippen LogP contribution in [0, 0.1) is 0 Å². The first kappa shape index (κ1) is 17.3. The molecule has 0 aliphatic rings. The maximum atomic E-state index is 11.8. The van der Waals surface area contributed by atoms with Gasteiger partial charge in [-0.3, -0.25) is 9.59 Å². The van der Waals surface area contributed by atoms with Crippen molar-refractivity contribution in [2.75, 3.05) is 7.11 Å². The van der Waals surface area contributed by atoms with Crippen molar-refractivity contribution >= 4 is 41.0 Å². The molecule has 1 aromatic carbocycles. The van der Waals surface area contributed by atoms with Crippen molar-refractivity contribution in [1.29, 1.82) is 0 Å². The van der Waals surface area contributed by atoms with E-state index in [1.54, 1.807) is 0 Å². The maximum Gasteiger partial charge on any atom is 0.333 e. The Bertz CT molecular complexity index is 561. The summed E-state index contributed by atoms with van der Waals surface area (Å²) in [4.78, 5) is 33.9. The van der Waals surface area contributed by atoms with E-state index in [2.05, 4.69) is 10.1 Å². The van der Waals surface area contributed by atoms with Gasteiger partial charge >= 0.3 is 11.9 Å². The second-order valence-corrected chi connectivity index (χ2v) is 4.93. The van der Waals surface area contributed by atoms with E-state index in [4.69, 9.17) is 28.3 Å². The fourth-order valence-electron chi connectivity index (χ4n) is 1.57. The number of carbonyl (C=O) groups is 3. The quantitative estimate of drug-likeness (QED) is 0.778. The fraction of sp³-hybridized carbons (Fsp3) is 0.308. The summed E-state index contributed by atoms with van der Waals surface area (Å²) < 4.78 is 4.62. The zero-order chi connectivity index (χ0) is 16.0. The lowest BCUT2D eigenvalue weighted by Gasteiger charge is -2.18. The highest BCUT2D eigenvalue weighted by atomic mass is 35.5. The number of nitrogens with one attached hydrogen (secondary N) is 1. The van der Waals surface area contributed by atoms with Crippen LogP contribution in [0.4, 0.5) is 0 Å². The van der Waals surface area contributed by atoms with Gasteiger partial charge in [0, 0.05) is 22.0 Å². The summed E-state index contributed by atoms with van der Waals surface area (Å²) in [6.07, 6.45) is -0.595. The van der Waals surface area contributed by atoms with Crippen LogP contribution in [0.2, 0.25) is 10.0 Å². The van der Waals surface area contributed by atoms with E-state index in [-0.39, 0.29) is 17.9 Å². The molecule has 0 spiro atoms. The third-order valence-corrected chi connectivity index (χ3v) is 3.14.